The molecule has 0 aliphatic carbocycles. The van der Waals surface area contributed by atoms with E-state index in [9.17, 15) is 0 Å². The summed E-state index contributed by atoms with van der Waals surface area (Å²) in [5, 5.41) is 1.72. The highest BCUT2D eigenvalue weighted by Gasteiger charge is 2.10. The maximum absolute atomic E-state index is 5.94. The summed E-state index contributed by atoms with van der Waals surface area (Å²) in [5.41, 5.74) is 11.1. The van der Waals surface area contributed by atoms with Crippen LogP contribution in [0.5, 0.6) is 17.4 Å². The van der Waals surface area contributed by atoms with Crippen LogP contribution >= 0.6 is 0 Å². The molecular formula is C19H18N4O2. The van der Waals surface area contributed by atoms with E-state index in [4.69, 9.17) is 20.9 Å². The van der Waals surface area contributed by atoms with Gasteiger partial charge in [0.05, 0.1) is 7.11 Å². The summed E-state index contributed by atoms with van der Waals surface area (Å²) < 4.78 is 11.2. The minimum atomic E-state index is 0.253. The maximum Gasteiger partial charge on any atom is 0.229 e. The molecule has 6 heteroatoms. The Morgan fingerprint density at radius 1 is 1.08 bits per heavy atom. The SMILES string of the molecule is COc1ccc2c(Oc3ccccc3)nc(N=C(N)/C=C\N)cc2c1. The standard InChI is InChI=1S/C19H18N4O2/c1-24-15-7-8-16-13(11-15)12-18(22-17(21)9-10-20)23-19(16)25-14-5-3-2-4-6-14/h2-12H,20H2,1H3,(H2,21,22,23)/b10-9-. The number of benzene rings is 2. The molecule has 0 amide bonds. The fraction of sp³-hybridized carbons (Fsp3) is 0.0526. The summed E-state index contributed by atoms with van der Waals surface area (Å²) in [4.78, 5) is 8.72. The van der Waals surface area contributed by atoms with Crippen LogP contribution < -0.4 is 20.9 Å². The number of pyridine rings is 1. The lowest BCUT2D eigenvalue weighted by atomic mass is 10.1. The summed E-state index contributed by atoms with van der Waals surface area (Å²) in [5.74, 6) is 2.53. The molecule has 0 radical (unpaired) electrons. The van der Waals surface area contributed by atoms with E-state index in [1.807, 2.05) is 54.6 Å². The Balaban J connectivity index is 2.13. The van der Waals surface area contributed by atoms with Gasteiger partial charge in [0, 0.05) is 5.39 Å². The number of methoxy groups -OCH3 is 1. The number of nitrogens with zero attached hydrogens (tertiary/aromatic N) is 2. The molecular weight excluding hydrogens is 316 g/mol. The number of aliphatic imine (C=N–C) groups is 1. The van der Waals surface area contributed by atoms with E-state index in [1.54, 1.807) is 7.11 Å². The monoisotopic (exact) mass is 334 g/mol. The molecule has 0 spiro atoms. The lowest BCUT2D eigenvalue weighted by Crippen LogP contribution is -2.07. The average molecular weight is 334 g/mol. The van der Waals surface area contributed by atoms with Crippen LogP contribution in [0.15, 0.2) is 71.9 Å². The Bertz CT molecular complexity index is 937. The van der Waals surface area contributed by atoms with Gasteiger partial charge in [0.25, 0.3) is 0 Å². The van der Waals surface area contributed by atoms with Crippen LogP contribution in [-0.2, 0) is 0 Å². The summed E-state index contributed by atoms with van der Waals surface area (Å²) in [7, 11) is 1.62. The third-order valence-corrected chi connectivity index (χ3v) is 3.46. The highest BCUT2D eigenvalue weighted by molar-refractivity contribution is 5.95. The summed E-state index contributed by atoms with van der Waals surface area (Å²) in [6, 6.07) is 16.9. The van der Waals surface area contributed by atoms with Crippen LogP contribution in [0.25, 0.3) is 10.8 Å². The minimum absolute atomic E-state index is 0.253. The second-order valence-corrected chi connectivity index (χ2v) is 5.18. The molecule has 0 saturated heterocycles. The molecule has 0 aliphatic heterocycles. The van der Waals surface area contributed by atoms with Gasteiger partial charge in [-0.1, -0.05) is 18.2 Å². The van der Waals surface area contributed by atoms with Gasteiger partial charge in [0.15, 0.2) is 5.82 Å². The number of fused-ring (bicyclic) bond motifs is 1. The molecule has 1 heterocycles. The molecule has 3 aromatic rings. The van der Waals surface area contributed by atoms with E-state index < -0.39 is 0 Å². The summed E-state index contributed by atoms with van der Waals surface area (Å²) in [6.07, 6.45) is 2.82. The van der Waals surface area contributed by atoms with Gasteiger partial charge >= 0.3 is 0 Å². The van der Waals surface area contributed by atoms with Crippen LogP contribution in [0.3, 0.4) is 0 Å². The van der Waals surface area contributed by atoms with Crippen molar-refractivity contribution in [1.82, 2.24) is 4.98 Å². The average Bonchev–Trinajstić information content (AvgIpc) is 2.62. The van der Waals surface area contributed by atoms with Gasteiger partial charge in [0.1, 0.15) is 17.3 Å². The van der Waals surface area contributed by atoms with Crippen molar-refractivity contribution in [2.45, 2.75) is 0 Å². The van der Waals surface area contributed by atoms with E-state index in [0.717, 1.165) is 16.5 Å². The molecule has 1 aromatic heterocycles. The van der Waals surface area contributed by atoms with Gasteiger partial charge in [-0.3, -0.25) is 0 Å². The Morgan fingerprint density at radius 2 is 1.88 bits per heavy atom. The quantitative estimate of drug-likeness (QED) is 0.550. The Morgan fingerprint density at radius 3 is 2.60 bits per heavy atom. The highest BCUT2D eigenvalue weighted by Crippen LogP contribution is 2.33. The van der Waals surface area contributed by atoms with Crippen LogP contribution in [0.4, 0.5) is 5.82 Å². The zero-order valence-corrected chi connectivity index (χ0v) is 13.7. The predicted molar refractivity (Wildman–Crippen MR) is 99.4 cm³/mol. The zero-order chi connectivity index (χ0) is 17.6. The second-order valence-electron chi connectivity index (χ2n) is 5.18. The van der Waals surface area contributed by atoms with E-state index in [0.29, 0.717) is 17.4 Å². The molecule has 3 rings (SSSR count). The Hall–Kier alpha value is -3.54. The van der Waals surface area contributed by atoms with Crippen molar-refractivity contribution in [3.63, 3.8) is 0 Å². The predicted octanol–water partition coefficient (Wildman–Crippen LogP) is 3.50. The van der Waals surface area contributed by atoms with Crippen molar-refractivity contribution >= 4 is 22.4 Å². The lowest BCUT2D eigenvalue weighted by molar-refractivity contribution is 0.415. The van der Waals surface area contributed by atoms with Crippen molar-refractivity contribution < 1.29 is 9.47 Å². The molecule has 0 bridgehead atoms. The number of amidine groups is 1. The Labute approximate surface area is 145 Å². The number of hydrogen-bond acceptors (Lipinski definition) is 5. The van der Waals surface area contributed by atoms with Crippen LogP contribution in [0.1, 0.15) is 0 Å². The number of para-hydroxylation sites is 1. The molecule has 0 unspecified atom stereocenters. The van der Waals surface area contributed by atoms with E-state index in [-0.39, 0.29) is 5.84 Å². The smallest absolute Gasteiger partial charge is 0.229 e. The highest BCUT2D eigenvalue weighted by atomic mass is 16.5. The van der Waals surface area contributed by atoms with Gasteiger partial charge in [-0.05, 0) is 54.1 Å². The third-order valence-electron chi connectivity index (χ3n) is 3.46. The second kappa shape index (κ2) is 7.35. The summed E-state index contributed by atoms with van der Waals surface area (Å²) >= 11 is 0. The number of rotatable bonds is 5. The maximum atomic E-state index is 5.94. The first-order chi connectivity index (χ1) is 12.2. The summed E-state index contributed by atoms with van der Waals surface area (Å²) in [6.45, 7) is 0. The van der Waals surface area contributed by atoms with E-state index in [2.05, 4.69) is 9.98 Å². The molecule has 4 N–H and O–H groups in total. The van der Waals surface area contributed by atoms with Crippen molar-refractivity contribution in [1.29, 1.82) is 0 Å². The van der Waals surface area contributed by atoms with Crippen molar-refractivity contribution in [3.8, 4) is 17.4 Å². The lowest BCUT2D eigenvalue weighted by Gasteiger charge is -2.10. The van der Waals surface area contributed by atoms with E-state index >= 15 is 0 Å². The number of nitrogens with two attached hydrogens (primary N) is 2. The minimum Gasteiger partial charge on any atom is -0.497 e. The molecule has 6 nitrogen and oxygen atoms in total. The molecule has 0 fully saturated rings. The first kappa shape index (κ1) is 16.3. The molecule has 2 aromatic carbocycles. The van der Waals surface area contributed by atoms with Crippen LogP contribution in [0.2, 0.25) is 0 Å². The van der Waals surface area contributed by atoms with Crippen molar-refractivity contribution in [3.05, 3.63) is 66.9 Å². The van der Waals surface area contributed by atoms with Gasteiger partial charge < -0.3 is 20.9 Å². The zero-order valence-electron chi connectivity index (χ0n) is 13.7. The molecule has 126 valence electrons. The molecule has 0 saturated carbocycles. The Kier molecular flexibility index (Phi) is 4.80. The normalized spacial score (nSPS) is 11.8. The fourth-order valence-corrected chi connectivity index (χ4v) is 2.32. The largest absolute Gasteiger partial charge is 0.497 e. The van der Waals surface area contributed by atoms with Gasteiger partial charge in [-0.25, -0.2) is 4.99 Å². The number of ether oxygens (including phenoxy) is 2. The molecule has 0 aliphatic rings. The van der Waals surface area contributed by atoms with Crippen LogP contribution in [-0.4, -0.2) is 17.9 Å². The number of aromatic nitrogens is 1. The van der Waals surface area contributed by atoms with Gasteiger partial charge in [-0.2, -0.15) is 4.98 Å². The van der Waals surface area contributed by atoms with Crippen molar-refractivity contribution in [2.24, 2.45) is 16.5 Å². The van der Waals surface area contributed by atoms with E-state index in [1.165, 1.54) is 12.3 Å². The van der Waals surface area contributed by atoms with Crippen molar-refractivity contribution in [2.75, 3.05) is 7.11 Å². The fourth-order valence-electron chi connectivity index (χ4n) is 2.32. The first-order valence-corrected chi connectivity index (χ1v) is 7.64. The van der Waals surface area contributed by atoms with Gasteiger partial charge in [-0.15, -0.1) is 0 Å². The van der Waals surface area contributed by atoms with Crippen LogP contribution in [0, 0.1) is 0 Å². The first-order valence-electron chi connectivity index (χ1n) is 7.64. The topological polar surface area (TPSA) is 95.8 Å². The third kappa shape index (κ3) is 3.87. The molecule has 0 atom stereocenters. The number of hydrogen-bond donors (Lipinski definition) is 2. The van der Waals surface area contributed by atoms with Gasteiger partial charge in [0.2, 0.25) is 5.88 Å². The molecule has 25 heavy (non-hydrogen) atoms.